The SMILES string of the molecule is CC(C)Oc1ccc2c(c1)N(Cc1ccc(Br)cc1F)C(=O)C(CC(=O)O)S2. The molecule has 2 aromatic carbocycles. The summed E-state index contributed by atoms with van der Waals surface area (Å²) in [6.07, 6.45) is -0.339. The Bertz CT molecular complexity index is 921. The van der Waals surface area contributed by atoms with Crippen LogP contribution in [0.3, 0.4) is 0 Å². The molecule has 8 heteroatoms. The highest BCUT2D eigenvalue weighted by Gasteiger charge is 2.35. The molecule has 0 aliphatic carbocycles. The average molecular weight is 468 g/mol. The molecule has 3 rings (SSSR count). The number of anilines is 1. The maximum atomic E-state index is 14.4. The van der Waals surface area contributed by atoms with Gasteiger partial charge in [0.05, 0.1) is 30.0 Å². The molecule has 148 valence electrons. The molecule has 0 bridgehead atoms. The fourth-order valence-electron chi connectivity index (χ4n) is 2.92. The number of ether oxygens (including phenoxy) is 1. The zero-order valence-corrected chi connectivity index (χ0v) is 17.7. The van der Waals surface area contributed by atoms with Crippen molar-refractivity contribution in [2.75, 3.05) is 4.90 Å². The Kier molecular flexibility index (Phi) is 6.30. The molecular formula is C20H19BrFNO4S. The zero-order valence-electron chi connectivity index (χ0n) is 15.3. The summed E-state index contributed by atoms with van der Waals surface area (Å²) in [5.41, 5.74) is 0.941. The number of benzene rings is 2. The van der Waals surface area contributed by atoms with Crippen LogP contribution in [0, 0.1) is 5.82 Å². The normalized spacial score (nSPS) is 16.2. The number of hydrogen-bond acceptors (Lipinski definition) is 4. The van der Waals surface area contributed by atoms with Crippen LogP contribution in [0.2, 0.25) is 0 Å². The molecule has 28 heavy (non-hydrogen) atoms. The summed E-state index contributed by atoms with van der Waals surface area (Å²) in [5.74, 6) is -1.25. The molecule has 1 N–H and O–H groups in total. The van der Waals surface area contributed by atoms with Gasteiger partial charge >= 0.3 is 5.97 Å². The predicted molar refractivity (Wildman–Crippen MR) is 109 cm³/mol. The third kappa shape index (κ3) is 4.67. The van der Waals surface area contributed by atoms with Crippen LogP contribution in [-0.2, 0) is 16.1 Å². The maximum absolute atomic E-state index is 14.4. The Morgan fingerprint density at radius 1 is 1.32 bits per heavy atom. The molecular weight excluding hydrogens is 449 g/mol. The molecule has 0 aromatic heterocycles. The third-order valence-electron chi connectivity index (χ3n) is 4.11. The summed E-state index contributed by atoms with van der Waals surface area (Å²) >= 11 is 4.44. The number of thioether (sulfide) groups is 1. The van der Waals surface area contributed by atoms with Crippen molar-refractivity contribution in [3.63, 3.8) is 0 Å². The van der Waals surface area contributed by atoms with Gasteiger partial charge in [0.1, 0.15) is 11.6 Å². The van der Waals surface area contributed by atoms with E-state index >= 15 is 0 Å². The van der Waals surface area contributed by atoms with E-state index in [-0.39, 0.29) is 25.0 Å². The lowest BCUT2D eigenvalue weighted by Crippen LogP contribution is -2.41. The van der Waals surface area contributed by atoms with Crippen LogP contribution in [0.25, 0.3) is 0 Å². The Labute approximate surface area is 175 Å². The summed E-state index contributed by atoms with van der Waals surface area (Å²) in [6.45, 7) is 3.81. The third-order valence-corrected chi connectivity index (χ3v) is 5.85. The minimum atomic E-state index is -1.05. The van der Waals surface area contributed by atoms with E-state index < -0.39 is 17.0 Å². The number of carbonyl (C=O) groups is 2. The van der Waals surface area contributed by atoms with Crippen molar-refractivity contribution in [1.29, 1.82) is 0 Å². The number of carbonyl (C=O) groups excluding carboxylic acids is 1. The number of amides is 1. The molecule has 0 radical (unpaired) electrons. The Hall–Kier alpha value is -2.06. The first-order chi connectivity index (χ1) is 13.2. The second-order valence-corrected chi connectivity index (χ2v) is 8.82. The van der Waals surface area contributed by atoms with Crippen LogP contribution in [0.1, 0.15) is 25.8 Å². The number of rotatable bonds is 6. The van der Waals surface area contributed by atoms with E-state index in [0.29, 0.717) is 21.5 Å². The van der Waals surface area contributed by atoms with Crippen LogP contribution in [-0.4, -0.2) is 28.3 Å². The highest BCUT2D eigenvalue weighted by Crippen LogP contribution is 2.43. The highest BCUT2D eigenvalue weighted by molar-refractivity contribution is 9.10. The Morgan fingerprint density at radius 2 is 2.07 bits per heavy atom. The minimum absolute atomic E-state index is 0.00670. The summed E-state index contributed by atoms with van der Waals surface area (Å²) < 4.78 is 20.7. The van der Waals surface area contributed by atoms with Crippen LogP contribution < -0.4 is 9.64 Å². The van der Waals surface area contributed by atoms with Crippen molar-refractivity contribution in [2.45, 2.75) is 43.1 Å². The van der Waals surface area contributed by atoms with E-state index in [1.54, 1.807) is 24.3 Å². The van der Waals surface area contributed by atoms with Gasteiger partial charge in [-0.05, 0) is 38.1 Å². The molecule has 1 aliphatic heterocycles. The van der Waals surface area contributed by atoms with Gasteiger partial charge in [-0.15, -0.1) is 11.8 Å². The molecule has 1 atom stereocenters. The highest BCUT2D eigenvalue weighted by atomic mass is 79.9. The van der Waals surface area contributed by atoms with Gasteiger partial charge in [-0.1, -0.05) is 22.0 Å². The number of halogens is 2. The average Bonchev–Trinajstić information content (AvgIpc) is 2.60. The monoisotopic (exact) mass is 467 g/mol. The van der Waals surface area contributed by atoms with Crippen LogP contribution in [0.5, 0.6) is 5.75 Å². The van der Waals surface area contributed by atoms with Crippen molar-refractivity contribution in [3.8, 4) is 5.75 Å². The first-order valence-electron chi connectivity index (χ1n) is 8.69. The summed E-state index contributed by atoms with van der Waals surface area (Å²) in [6, 6.07) is 9.99. The molecule has 1 unspecified atom stereocenters. The lowest BCUT2D eigenvalue weighted by molar-refractivity contribution is -0.138. The summed E-state index contributed by atoms with van der Waals surface area (Å²) in [4.78, 5) is 26.4. The fourth-order valence-corrected chi connectivity index (χ4v) is 4.45. The lowest BCUT2D eigenvalue weighted by Gasteiger charge is -2.33. The Morgan fingerprint density at radius 3 is 2.71 bits per heavy atom. The smallest absolute Gasteiger partial charge is 0.305 e. The van der Waals surface area contributed by atoms with Gasteiger partial charge in [0.2, 0.25) is 5.91 Å². The van der Waals surface area contributed by atoms with Crippen molar-refractivity contribution in [2.24, 2.45) is 0 Å². The molecule has 0 saturated carbocycles. The van der Waals surface area contributed by atoms with Crippen molar-refractivity contribution < 1.29 is 23.8 Å². The van der Waals surface area contributed by atoms with Crippen molar-refractivity contribution in [3.05, 3.63) is 52.3 Å². The number of aliphatic carboxylic acids is 1. The van der Waals surface area contributed by atoms with E-state index in [0.717, 1.165) is 4.90 Å². The Balaban J connectivity index is 2.01. The number of carboxylic acids is 1. The zero-order chi connectivity index (χ0) is 20.4. The largest absolute Gasteiger partial charge is 0.491 e. The summed E-state index contributed by atoms with van der Waals surface area (Å²) in [5, 5.41) is 8.39. The molecule has 0 fully saturated rings. The molecule has 5 nitrogen and oxygen atoms in total. The predicted octanol–water partition coefficient (Wildman–Crippen LogP) is 4.86. The van der Waals surface area contributed by atoms with Crippen LogP contribution in [0.4, 0.5) is 10.1 Å². The molecule has 1 aliphatic rings. The van der Waals surface area contributed by atoms with E-state index in [9.17, 15) is 14.0 Å². The van der Waals surface area contributed by atoms with Crippen molar-refractivity contribution in [1.82, 2.24) is 0 Å². The number of nitrogens with zero attached hydrogens (tertiary/aromatic N) is 1. The standard InChI is InChI=1S/C20H19BrFNO4S/c1-11(2)27-14-5-6-17-16(8-14)23(20(26)18(28-17)9-19(24)25)10-12-3-4-13(21)7-15(12)22/h3-8,11,18H,9-10H2,1-2H3,(H,24,25). The van der Waals surface area contributed by atoms with Gasteiger partial charge in [-0.3, -0.25) is 9.59 Å². The number of fused-ring (bicyclic) bond motifs is 1. The molecule has 1 heterocycles. The topological polar surface area (TPSA) is 66.8 Å². The van der Waals surface area contributed by atoms with Crippen molar-refractivity contribution >= 4 is 45.3 Å². The first kappa shape index (κ1) is 20.7. The van der Waals surface area contributed by atoms with Gasteiger partial charge in [-0.2, -0.15) is 0 Å². The van der Waals surface area contributed by atoms with Crippen LogP contribution >= 0.6 is 27.7 Å². The second kappa shape index (κ2) is 8.53. The van der Waals surface area contributed by atoms with E-state index in [2.05, 4.69) is 15.9 Å². The van der Waals surface area contributed by atoms with Gasteiger partial charge in [0.15, 0.2) is 0 Å². The molecule has 0 spiro atoms. The van der Waals surface area contributed by atoms with Gasteiger partial charge in [-0.25, -0.2) is 4.39 Å². The van der Waals surface area contributed by atoms with Gasteiger partial charge in [0, 0.05) is 21.0 Å². The quantitative estimate of drug-likeness (QED) is 0.656. The van der Waals surface area contributed by atoms with Gasteiger partial charge in [0.25, 0.3) is 0 Å². The molecule has 0 saturated heterocycles. The van der Waals surface area contributed by atoms with Crippen LogP contribution in [0.15, 0.2) is 45.8 Å². The minimum Gasteiger partial charge on any atom is -0.491 e. The molecule has 2 aromatic rings. The van der Waals surface area contributed by atoms with E-state index in [1.807, 2.05) is 19.9 Å². The summed E-state index contributed by atoms with van der Waals surface area (Å²) in [7, 11) is 0. The van der Waals surface area contributed by atoms with E-state index in [1.165, 1.54) is 22.7 Å². The maximum Gasteiger partial charge on any atom is 0.305 e. The second-order valence-electron chi connectivity index (χ2n) is 6.66. The first-order valence-corrected chi connectivity index (χ1v) is 10.4. The number of hydrogen-bond donors (Lipinski definition) is 1. The lowest BCUT2D eigenvalue weighted by atomic mass is 10.1. The molecule has 1 amide bonds. The van der Waals surface area contributed by atoms with Gasteiger partial charge < -0.3 is 14.7 Å². The fraction of sp³-hybridized carbons (Fsp3) is 0.300. The number of carboxylic acid groups (broad SMARTS) is 1. The van der Waals surface area contributed by atoms with E-state index in [4.69, 9.17) is 9.84 Å².